The molecule has 0 aromatic heterocycles. The molecule has 0 spiro atoms. The van der Waals surface area contributed by atoms with Gasteiger partial charge in [0, 0.05) is 44.3 Å². The minimum Gasteiger partial charge on any atom is -0.357 e. The van der Waals surface area contributed by atoms with Crippen LogP contribution in [0.15, 0.2) is 35.3 Å². The highest BCUT2D eigenvalue weighted by atomic mass is 127. The summed E-state index contributed by atoms with van der Waals surface area (Å²) in [6.45, 7) is 8.70. The van der Waals surface area contributed by atoms with Gasteiger partial charge in [0.05, 0.1) is 6.54 Å². The first-order valence-corrected chi connectivity index (χ1v) is 11.4. The van der Waals surface area contributed by atoms with E-state index in [1.54, 1.807) is 0 Å². The molecule has 5 nitrogen and oxygen atoms in total. The topological polar surface area (TPSA) is 42.9 Å². The second kappa shape index (κ2) is 11.5. The third-order valence-electron chi connectivity index (χ3n) is 6.47. The normalized spacial score (nSPS) is 24.3. The first kappa shape index (κ1) is 22.8. The fourth-order valence-corrected chi connectivity index (χ4v) is 4.69. The maximum absolute atomic E-state index is 4.99. The van der Waals surface area contributed by atoms with Crippen molar-refractivity contribution in [3.8, 4) is 0 Å². The SMILES string of the molecule is CCNC(=NCC1CCCN1Cc1ccccc1)NC1CCN(C2CC2)CC1.I. The monoisotopic (exact) mass is 511 g/mol. The highest BCUT2D eigenvalue weighted by Crippen LogP contribution is 2.29. The van der Waals surface area contributed by atoms with Crippen LogP contribution in [0.2, 0.25) is 0 Å². The van der Waals surface area contributed by atoms with E-state index in [1.165, 1.54) is 63.7 Å². The number of halogens is 1. The molecule has 6 heteroatoms. The summed E-state index contributed by atoms with van der Waals surface area (Å²) >= 11 is 0. The lowest BCUT2D eigenvalue weighted by atomic mass is 10.1. The number of hydrogen-bond donors (Lipinski definition) is 2. The average Bonchev–Trinajstić information content (AvgIpc) is 3.48. The molecule has 1 unspecified atom stereocenters. The van der Waals surface area contributed by atoms with Crippen molar-refractivity contribution >= 4 is 29.9 Å². The first-order chi connectivity index (χ1) is 13.8. The van der Waals surface area contributed by atoms with E-state index in [-0.39, 0.29) is 24.0 Å². The summed E-state index contributed by atoms with van der Waals surface area (Å²) in [7, 11) is 0. The molecule has 2 N–H and O–H groups in total. The zero-order valence-electron chi connectivity index (χ0n) is 17.9. The van der Waals surface area contributed by atoms with Crippen LogP contribution in [0.3, 0.4) is 0 Å². The molecule has 1 aromatic carbocycles. The molecule has 29 heavy (non-hydrogen) atoms. The number of nitrogens with one attached hydrogen (secondary N) is 2. The van der Waals surface area contributed by atoms with Crippen LogP contribution in [0.25, 0.3) is 0 Å². The van der Waals surface area contributed by atoms with E-state index < -0.39 is 0 Å². The van der Waals surface area contributed by atoms with E-state index in [9.17, 15) is 0 Å². The van der Waals surface area contributed by atoms with Gasteiger partial charge in [0.15, 0.2) is 5.96 Å². The smallest absolute Gasteiger partial charge is 0.191 e. The first-order valence-electron chi connectivity index (χ1n) is 11.4. The molecule has 3 fully saturated rings. The van der Waals surface area contributed by atoms with Crippen LogP contribution >= 0.6 is 24.0 Å². The summed E-state index contributed by atoms with van der Waals surface area (Å²) in [5.41, 5.74) is 1.41. The minimum atomic E-state index is 0. The van der Waals surface area contributed by atoms with Crippen molar-refractivity contribution < 1.29 is 0 Å². The van der Waals surface area contributed by atoms with Gasteiger partial charge in [-0.1, -0.05) is 30.3 Å². The van der Waals surface area contributed by atoms with Gasteiger partial charge in [0.2, 0.25) is 0 Å². The Morgan fingerprint density at radius 1 is 1.03 bits per heavy atom. The number of hydrogen-bond acceptors (Lipinski definition) is 3. The van der Waals surface area contributed by atoms with Gasteiger partial charge in [-0.25, -0.2) is 0 Å². The molecule has 2 saturated heterocycles. The standard InChI is InChI=1S/C23H37N5.HI/c1-2-24-23(26-20-12-15-27(16-13-20)21-10-11-21)25-17-22-9-6-14-28(22)18-19-7-4-3-5-8-19;/h3-5,7-8,20-22H,2,6,9-18H2,1H3,(H2,24,25,26);1H. The molecule has 1 atom stereocenters. The van der Waals surface area contributed by atoms with Crippen molar-refractivity contribution in [2.45, 2.75) is 70.1 Å². The van der Waals surface area contributed by atoms with Crippen LogP contribution < -0.4 is 10.6 Å². The Labute approximate surface area is 193 Å². The van der Waals surface area contributed by atoms with Gasteiger partial charge in [-0.05, 0) is 57.6 Å². The number of likely N-dealkylation sites (tertiary alicyclic amines) is 2. The molecule has 1 saturated carbocycles. The highest BCUT2D eigenvalue weighted by molar-refractivity contribution is 14.0. The van der Waals surface area contributed by atoms with Crippen molar-refractivity contribution in [2.75, 3.05) is 32.7 Å². The number of piperidine rings is 1. The fourth-order valence-electron chi connectivity index (χ4n) is 4.69. The third-order valence-corrected chi connectivity index (χ3v) is 6.47. The molecule has 0 amide bonds. The summed E-state index contributed by atoms with van der Waals surface area (Å²) in [4.78, 5) is 10.3. The van der Waals surface area contributed by atoms with Crippen LogP contribution in [0.5, 0.6) is 0 Å². The maximum Gasteiger partial charge on any atom is 0.191 e. The van der Waals surface area contributed by atoms with E-state index in [4.69, 9.17) is 4.99 Å². The lowest BCUT2D eigenvalue weighted by Crippen LogP contribution is -2.49. The largest absolute Gasteiger partial charge is 0.357 e. The number of guanidine groups is 1. The van der Waals surface area contributed by atoms with Gasteiger partial charge in [0.25, 0.3) is 0 Å². The lowest BCUT2D eigenvalue weighted by molar-refractivity contribution is 0.197. The summed E-state index contributed by atoms with van der Waals surface area (Å²) in [5, 5.41) is 7.19. The molecular formula is C23H38IN5. The Morgan fingerprint density at radius 2 is 1.79 bits per heavy atom. The van der Waals surface area contributed by atoms with Gasteiger partial charge >= 0.3 is 0 Å². The molecule has 162 valence electrons. The Morgan fingerprint density at radius 3 is 2.48 bits per heavy atom. The van der Waals surface area contributed by atoms with Crippen molar-refractivity contribution in [1.29, 1.82) is 0 Å². The predicted molar refractivity (Wildman–Crippen MR) is 132 cm³/mol. The molecule has 1 aliphatic carbocycles. The van der Waals surface area contributed by atoms with Crippen LogP contribution in [-0.2, 0) is 6.54 Å². The molecule has 2 aliphatic heterocycles. The van der Waals surface area contributed by atoms with E-state index >= 15 is 0 Å². The van der Waals surface area contributed by atoms with Gasteiger partial charge < -0.3 is 15.5 Å². The zero-order chi connectivity index (χ0) is 19.2. The van der Waals surface area contributed by atoms with E-state index in [0.29, 0.717) is 12.1 Å². The number of aliphatic imine (C=N–C) groups is 1. The Balaban J connectivity index is 0.00000240. The van der Waals surface area contributed by atoms with Gasteiger partial charge in [-0.3, -0.25) is 9.89 Å². The third kappa shape index (κ3) is 6.82. The van der Waals surface area contributed by atoms with Crippen molar-refractivity contribution in [2.24, 2.45) is 4.99 Å². The summed E-state index contributed by atoms with van der Waals surface area (Å²) in [6, 6.07) is 12.9. The van der Waals surface area contributed by atoms with Crippen molar-refractivity contribution in [3.63, 3.8) is 0 Å². The lowest BCUT2D eigenvalue weighted by Gasteiger charge is -2.33. The summed E-state index contributed by atoms with van der Waals surface area (Å²) < 4.78 is 0. The van der Waals surface area contributed by atoms with Gasteiger partial charge in [-0.2, -0.15) is 0 Å². The molecular weight excluding hydrogens is 473 g/mol. The van der Waals surface area contributed by atoms with Crippen LogP contribution in [-0.4, -0.2) is 66.6 Å². The highest BCUT2D eigenvalue weighted by Gasteiger charge is 2.32. The second-order valence-electron chi connectivity index (χ2n) is 8.66. The Kier molecular flexibility index (Phi) is 9.06. The molecule has 1 aromatic rings. The number of nitrogens with zero attached hydrogens (tertiary/aromatic N) is 3. The summed E-state index contributed by atoms with van der Waals surface area (Å²) in [5.74, 6) is 1.01. The van der Waals surface area contributed by atoms with E-state index in [2.05, 4.69) is 57.7 Å². The fraction of sp³-hybridized carbons (Fsp3) is 0.696. The molecule has 0 bridgehead atoms. The van der Waals surface area contributed by atoms with Gasteiger partial charge in [-0.15, -0.1) is 24.0 Å². The van der Waals surface area contributed by atoms with E-state index in [0.717, 1.165) is 31.6 Å². The average molecular weight is 511 g/mol. The second-order valence-corrected chi connectivity index (χ2v) is 8.66. The molecule has 0 radical (unpaired) electrons. The quantitative estimate of drug-likeness (QED) is 0.335. The molecule has 4 rings (SSSR count). The predicted octanol–water partition coefficient (Wildman–Crippen LogP) is 3.45. The van der Waals surface area contributed by atoms with Crippen LogP contribution in [0.1, 0.15) is 51.0 Å². The number of benzene rings is 1. The maximum atomic E-state index is 4.99. The summed E-state index contributed by atoms with van der Waals surface area (Å²) in [6.07, 6.45) is 7.87. The molecule has 3 aliphatic rings. The van der Waals surface area contributed by atoms with Crippen LogP contribution in [0, 0.1) is 0 Å². The Hall–Kier alpha value is -0.860. The number of rotatable bonds is 7. The Bertz CT molecular complexity index is 625. The van der Waals surface area contributed by atoms with Crippen LogP contribution in [0.4, 0.5) is 0 Å². The van der Waals surface area contributed by atoms with E-state index in [1.807, 2.05) is 0 Å². The molecule has 2 heterocycles. The zero-order valence-corrected chi connectivity index (χ0v) is 20.2. The van der Waals surface area contributed by atoms with Gasteiger partial charge in [0.1, 0.15) is 0 Å². The minimum absolute atomic E-state index is 0. The van der Waals surface area contributed by atoms with Crippen molar-refractivity contribution in [3.05, 3.63) is 35.9 Å². The van der Waals surface area contributed by atoms with Crippen molar-refractivity contribution in [1.82, 2.24) is 20.4 Å².